The maximum atomic E-state index is 10.4. The minimum Gasteiger partial charge on any atom is -0.370 e. The van der Waals surface area contributed by atoms with Crippen LogP contribution in [0.2, 0.25) is 5.02 Å². The molecule has 0 saturated carbocycles. The number of hydrogen-bond donors (Lipinski definition) is 1. The molecule has 0 atom stereocenters. The topological polar surface area (TPSA) is 43.1 Å². The van der Waals surface area contributed by atoms with Gasteiger partial charge >= 0.3 is 0 Å². The van der Waals surface area contributed by atoms with Crippen LogP contribution in [0.25, 0.3) is 0 Å². The van der Waals surface area contributed by atoms with Crippen molar-refractivity contribution in [1.29, 1.82) is 0 Å². The Kier molecular flexibility index (Phi) is 3.11. The van der Waals surface area contributed by atoms with E-state index in [2.05, 4.69) is 0 Å². The van der Waals surface area contributed by atoms with Crippen molar-refractivity contribution in [2.75, 3.05) is 0 Å². The average Bonchev–Trinajstić information content (AvgIpc) is 2.03. The first kappa shape index (κ1) is 9.07. The number of nitrogens with two attached hydrogens (primary N) is 1. The zero-order valence-corrected chi connectivity index (χ0v) is 7.21. The normalized spacial score (nSPS) is 9.75. The predicted octanol–water partition coefficient (Wildman–Crippen LogP) is 1.77. The second kappa shape index (κ2) is 4.12. The minimum absolute atomic E-state index is 0.226. The first-order valence-corrected chi connectivity index (χ1v) is 3.94. The molecule has 0 saturated heterocycles. The molecule has 2 nitrogen and oxygen atoms in total. The van der Waals surface area contributed by atoms with Gasteiger partial charge in [-0.25, -0.2) is 0 Å². The highest BCUT2D eigenvalue weighted by atomic mass is 35.5. The fourth-order valence-corrected chi connectivity index (χ4v) is 1.06. The maximum Gasteiger partial charge on any atom is 0.218 e. The average molecular weight is 183 g/mol. The Labute approximate surface area is 76.3 Å². The SMILES string of the molecule is NC(=O)C[CH]c1ccccc1Cl. The van der Waals surface area contributed by atoms with Crippen LogP contribution in [0, 0.1) is 6.42 Å². The van der Waals surface area contributed by atoms with E-state index in [0.29, 0.717) is 5.02 Å². The number of benzene rings is 1. The van der Waals surface area contributed by atoms with Crippen LogP contribution in [0.3, 0.4) is 0 Å². The van der Waals surface area contributed by atoms with Crippen molar-refractivity contribution in [3.8, 4) is 0 Å². The molecule has 0 aromatic heterocycles. The van der Waals surface area contributed by atoms with Gasteiger partial charge in [-0.05, 0) is 11.6 Å². The lowest BCUT2D eigenvalue weighted by Gasteiger charge is -2.00. The third kappa shape index (κ3) is 2.55. The molecular weight excluding hydrogens is 174 g/mol. The molecule has 1 radical (unpaired) electrons. The van der Waals surface area contributed by atoms with E-state index in [1.54, 1.807) is 12.5 Å². The lowest BCUT2D eigenvalue weighted by atomic mass is 10.1. The van der Waals surface area contributed by atoms with Crippen LogP contribution in [-0.4, -0.2) is 5.91 Å². The Hall–Kier alpha value is -1.02. The van der Waals surface area contributed by atoms with Crippen molar-refractivity contribution in [3.63, 3.8) is 0 Å². The molecule has 3 heteroatoms. The molecule has 0 fully saturated rings. The van der Waals surface area contributed by atoms with E-state index in [1.807, 2.05) is 18.2 Å². The van der Waals surface area contributed by atoms with Crippen LogP contribution >= 0.6 is 11.6 Å². The second-order valence-corrected chi connectivity index (χ2v) is 2.80. The number of rotatable bonds is 3. The van der Waals surface area contributed by atoms with E-state index < -0.39 is 0 Å². The molecule has 1 amide bonds. The summed E-state index contributed by atoms with van der Waals surface area (Å²) in [5, 5.41) is 0.638. The van der Waals surface area contributed by atoms with E-state index in [-0.39, 0.29) is 12.3 Å². The lowest BCUT2D eigenvalue weighted by molar-refractivity contribution is -0.117. The number of carbonyl (C=O) groups is 1. The van der Waals surface area contributed by atoms with E-state index in [4.69, 9.17) is 17.3 Å². The number of carbonyl (C=O) groups excluding carboxylic acids is 1. The molecule has 0 aliphatic rings. The van der Waals surface area contributed by atoms with Gasteiger partial charge in [0.2, 0.25) is 5.91 Å². The highest BCUT2D eigenvalue weighted by molar-refractivity contribution is 6.31. The van der Waals surface area contributed by atoms with Gasteiger partial charge < -0.3 is 5.73 Å². The quantitative estimate of drug-likeness (QED) is 0.761. The van der Waals surface area contributed by atoms with Crippen LogP contribution in [0.1, 0.15) is 12.0 Å². The fourth-order valence-electron chi connectivity index (χ4n) is 0.851. The molecule has 1 rings (SSSR count). The van der Waals surface area contributed by atoms with Crippen molar-refractivity contribution in [1.82, 2.24) is 0 Å². The highest BCUT2D eigenvalue weighted by Crippen LogP contribution is 2.17. The van der Waals surface area contributed by atoms with E-state index in [1.165, 1.54) is 0 Å². The van der Waals surface area contributed by atoms with Crippen molar-refractivity contribution in [3.05, 3.63) is 41.3 Å². The summed E-state index contributed by atoms with van der Waals surface area (Å²) in [6.07, 6.45) is 1.94. The van der Waals surface area contributed by atoms with Gasteiger partial charge in [-0.3, -0.25) is 4.79 Å². The Morgan fingerprint density at radius 1 is 1.50 bits per heavy atom. The van der Waals surface area contributed by atoms with E-state index in [0.717, 1.165) is 5.56 Å². The van der Waals surface area contributed by atoms with Crippen LogP contribution in [0.5, 0.6) is 0 Å². The molecule has 1 aromatic rings. The van der Waals surface area contributed by atoms with Crippen molar-refractivity contribution in [2.24, 2.45) is 5.73 Å². The monoisotopic (exact) mass is 182 g/mol. The Morgan fingerprint density at radius 2 is 2.17 bits per heavy atom. The summed E-state index contributed by atoms with van der Waals surface area (Å²) in [6.45, 7) is 0. The molecular formula is C9H9ClNO. The van der Waals surface area contributed by atoms with Crippen LogP contribution < -0.4 is 5.73 Å². The van der Waals surface area contributed by atoms with Gasteiger partial charge in [0.1, 0.15) is 0 Å². The number of halogens is 1. The third-order valence-electron chi connectivity index (χ3n) is 1.43. The van der Waals surface area contributed by atoms with Crippen molar-refractivity contribution < 1.29 is 4.79 Å². The van der Waals surface area contributed by atoms with Gasteiger partial charge in [0, 0.05) is 17.9 Å². The van der Waals surface area contributed by atoms with Crippen LogP contribution in [0.15, 0.2) is 24.3 Å². The number of primary amides is 1. The number of amides is 1. The molecule has 2 N–H and O–H groups in total. The predicted molar refractivity (Wildman–Crippen MR) is 48.7 cm³/mol. The summed E-state index contributed by atoms with van der Waals surface area (Å²) in [4.78, 5) is 10.4. The summed E-state index contributed by atoms with van der Waals surface area (Å²) in [5.41, 5.74) is 5.82. The molecule has 12 heavy (non-hydrogen) atoms. The molecule has 63 valence electrons. The molecule has 0 unspecified atom stereocenters. The zero-order chi connectivity index (χ0) is 8.97. The Balaban J connectivity index is 2.63. The summed E-state index contributed by atoms with van der Waals surface area (Å²) in [7, 11) is 0. The maximum absolute atomic E-state index is 10.4. The summed E-state index contributed by atoms with van der Waals surface area (Å²) in [5.74, 6) is -0.352. The van der Waals surface area contributed by atoms with Gasteiger partial charge in [-0.15, -0.1) is 0 Å². The zero-order valence-electron chi connectivity index (χ0n) is 6.46. The standard InChI is InChI=1S/C9H9ClNO/c10-8-4-2-1-3-7(8)5-6-9(11)12/h1-5H,6H2,(H2,11,12). The molecule has 0 spiro atoms. The molecule has 0 heterocycles. The van der Waals surface area contributed by atoms with Gasteiger partial charge in [0.25, 0.3) is 0 Å². The van der Waals surface area contributed by atoms with Crippen LogP contribution in [-0.2, 0) is 4.79 Å². The van der Waals surface area contributed by atoms with Crippen LogP contribution in [0.4, 0.5) is 0 Å². The van der Waals surface area contributed by atoms with Gasteiger partial charge in [0.15, 0.2) is 0 Å². The van der Waals surface area contributed by atoms with Gasteiger partial charge in [-0.1, -0.05) is 29.8 Å². The first-order valence-electron chi connectivity index (χ1n) is 3.56. The Bertz CT molecular complexity index is 286. The van der Waals surface area contributed by atoms with E-state index >= 15 is 0 Å². The molecule has 0 bridgehead atoms. The summed E-state index contributed by atoms with van der Waals surface area (Å²) < 4.78 is 0. The molecule has 1 aromatic carbocycles. The largest absolute Gasteiger partial charge is 0.370 e. The lowest BCUT2D eigenvalue weighted by Crippen LogP contribution is -2.10. The van der Waals surface area contributed by atoms with E-state index in [9.17, 15) is 4.79 Å². The van der Waals surface area contributed by atoms with Crippen molar-refractivity contribution >= 4 is 17.5 Å². The fraction of sp³-hybridized carbons (Fsp3) is 0.111. The van der Waals surface area contributed by atoms with Gasteiger partial charge in [-0.2, -0.15) is 0 Å². The van der Waals surface area contributed by atoms with Crippen molar-refractivity contribution in [2.45, 2.75) is 6.42 Å². The number of hydrogen-bond acceptors (Lipinski definition) is 1. The second-order valence-electron chi connectivity index (χ2n) is 2.40. The smallest absolute Gasteiger partial charge is 0.218 e. The molecule has 0 aliphatic heterocycles. The summed E-state index contributed by atoms with van der Waals surface area (Å²) >= 11 is 5.82. The molecule has 0 aliphatic carbocycles. The Morgan fingerprint density at radius 3 is 2.75 bits per heavy atom. The summed E-state index contributed by atoms with van der Waals surface area (Å²) in [6, 6.07) is 7.31. The first-order chi connectivity index (χ1) is 5.70. The van der Waals surface area contributed by atoms with Gasteiger partial charge in [0.05, 0.1) is 0 Å². The minimum atomic E-state index is -0.352. The third-order valence-corrected chi connectivity index (χ3v) is 1.77. The highest BCUT2D eigenvalue weighted by Gasteiger charge is 2.00.